The summed E-state index contributed by atoms with van der Waals surface area (Å²) in [6.07, 6.45) is 0. The lowest BCUT2D eigenvalue weighted by Gasteiger charge is -2.19. The third-order valence-electron chi connectivity index (χ3n) is 5.14. The van der Waals surface area contributed by atoms with Crippen LogP contribution in [0.5, 0.6) is 0 Å². The fourth-order valence-electron chi connectivity index (χ4n) is 3.27. The molecular weight excluding hydrogens is 406 g/mol. The van der Waals surface area contributed by atoms with Crippen LogP contribution in [0.2, 0.25) is 0 Å². The highest BCUT2D eigenvalue weighted by Crippen LogP contribution is 2.24. The topological polar surface area (TPSA) is 101 Å². The zero-order valence-electron chi connectivity index (χ0n) is 18.4. The van der Waals surface area contributed by atoms with Crippen LogP contribution in [-0.4, -0.2) is 16.7 Å². The number of carbonyl (C=O) groups excluding carboxylic acids is 2. The van der Waals surface area contributed by atoms with E-state index in [1.165, 1.54) is 25.1 Å². The second-order valence-electron chi connectivity index (χ2n) is 8.52. The van der Waals surface area contributed by atoms with Crippen molar-refractivity contribution in [3.05, 3.63) is 99.1 Å². The van der Waals surface area contributed by atoms with E-state index in [2.05, 4.69) is 31.4 Å². The highest BCUT2D eigenvalue weighted by Gasteiger charge is 2.18. The van der Waals surface area contributed by atoms with E-state index in [1.54, 1.807) is 36.4 Å². The van der Waals surface area contributed by atoms with Gasteiger partial charge in [0.2, 0.25) is 0 Å². The third-order valence-corrected chi connectivity index (χ3v) is 5.14. The Labute approximate surface area is 186 Å². The van der Waals surface area contributed by atoms with Gasteiger partial charge in [-0.05, 0) is 54.3 Å². The summed E-state index contributed by atoms with van der Waals surface area (Å²) in [7, 11) is 0. The van der Waals surface area contributed by atoms with Crippen LogP contribution in [0.1, 0.15) is 52.6 Å². The lowest BCUT2D eigenvalue weighted by atomic mass is 9.87. The molecule has 0 spiro atoms. The summed E-state index contributed by atoms with van der Waals surface area (Å²) in [5.74, 6) is -0.726. The van der Waals surface area contributed by atoms with Gasteiger partial charge in [-0.25, -0.2) is 0 Å². The molecule has 2 N–H and O–H groups in total. The van der Waals surface area contributed by atoms with Crippen molar-refractivity contribution in [2.24, 2.45) is 0 Å². The molecule has 0 aliphatic carbocycles. The molecular formula is C25H25N3O4. The molecule has 0 fully saturated rings. The molecule has 0 radical (unpaired) electrons. The molecule has 32 heavy (non-hydrogen) atoms. The van der Waals surface area contributed by atoms with Crippen molar-refractivity contribution in [2.75, 3.05) is 10.6 Å². The maximum Gasteiger partial charge on any atom is 0.273 e. The van der Waals surface area contributed by atoms with Gasteiger partial charge in [0.25, 0.3) is 17.5 Å². The Kier molecular flexibility index (Phi) is 6.39. The Hall–Kier alpha value is -4.00. The lowest BCUT2D eigenvalue weighted by molar-refractivity contribution is -0.385. The van der Waals surface area contributed by atoms with Gasteiger partial charge in [0.05, 0.1) is 4.92 Å². The minimum Gasteiger partial charge on any atom is -0.322 e. The SMILES string of the molecule is Cc1c(C(=O)Nc2cccc(NC(=O)c3ccc(C(C)(C)C)cc3)c2)cccc1[N+](=O)[O-]. The number of anilines is 2. The summed E-state index contributed by atoms with van der Waals surface area (Å²) in [4.78, 5) is 35.9. The van der Waals surface area contributed by atoms with E-state index in [1.807, 2.05) is 12.1 Å². The Balaban J connectivity index is 1.73. The zero-order valence-corrected chi connectivity index (χ0v) is 18.4. The molecule has 0 unspecified atom stereocenters. The van der Waals surface area contributed by atoms with Gasteiger partial charge in [-0.3, -0.25) is 19.7 Å². The van der Waals surface area contributed by atoms with Crippen molar-refractivity contribution in [3.8, 4) is 0 Å². The fraction of sp³-hybridized carbons (Fsp3) is 0.200. The molecule has 2 amide bonds. The number of benzene rings is 3. The molecule has 0 saturated heterocycles. The Bertz CT molecular complexity index is 1180. The van der Waals surface area contributed by atoms with E-state index in [4.69, 9.17) is 0 Å². The molecule has 164 valence electrons. The number of nitrogens with zero attached hydrogens (tertiary/aromatic N) is 1. The number of hydrogen-bond donors (Lipinski definition) is 2. The van der Waals surface area contributed by atoms with Crippen LogP contribution in [-0.2, 0) is 5.41 Å². The van der Waals surface area contributed by atoms with Gasteiger partial charge in [-0.15, -0.1) is 0 Å². The van der Waals surface area contributed by atoms with E-state index >= 15 is 0 Å². The van der Waals surface area contributed by atoms with Gasteiger partial charge in [0, 0.05) is 34.1 Å². The van der Waals surface area contributed by atoms with Crippen molar-refractivity contribution >= 4 is 28.9 Å². The summed E-state index contributed by atoms with van der Waals surface area (Å²) in [5.41, 5.74) is 3.03. The summed E-state index contributed by atoms with van der Waals surface area (Å²) in [5, 5.41) is 16.7. The van der Waals surface area contributed by atoms with Crippen LogP contribution in [0.3, 0.4) is 0 Å². The molecule has 0 saturated carbocycles. The number of nitrogens with one attached hydrogen (secondary N) is 2. The summed E-state index contributed by atoms with van der Waals surface area (Å²) >= 11 is 0. The third kappa shape index (κ3) is 5.18. The molecule has 7 nitrogen and oxygen atoms in total. The normalized spacial score (nSPS) is 11.0. The Morgan fingerprint density at radius 1 is 0.844 bits per heavy atom. The van der Waals surface area contributed by atoms with Crippen molar-refractivity contribution in [1.29, 1.82) is 0 Å². The van der Waals surface area contributed by atoms with Crippen LogP contribution in [0, 0.1) is 17.0 Å². The molecule has 0 aromatic heterocycles. The van der Waals surface area contributed by atoms with Crippen molar-refractivity contribution in [2.45, 2.75) is 33.1 Å². The smallest absolute Gasteiger partial charge is 0.273 e. The Morgan fingerprint density at radius 3 is 1.97 bits per heavy atom. The average molecular weight is 431 g/mol. The first-order valence-electron chi connectivity index (χ1n) is 10.1. The first kappa shape index (κ1) is 22.7. The van der Waals surface area contributed by atoms with Crippen LogP contribution in [0.15, 0.2) is 66.7 Å². The van der Waals surface area contributed by atoms with Crippen molar-refractivity contribution in [1.82, 2.24) is 0 Å². The summed E-state index contributed by atoms with van der Waals surface area (Å²) in [6.45, 7) is 7.86. The summed E-state index contributed by atoms with van der Waals surface area (Å²) in [6, 6.07) is 18.5. The molecule has 7 heteroatoms. The molecule has 0 aliphatic heterocycles. The van der Waals surface area contributed by atoms with Gasteiger partial charge in [0.15, 0.2) is 0 Å². The van der Waals surface area contributed by atoms with Crippen LogP contribution >= 0.6 is 0 Å². The average Bonchev–Trinajstić information content (AvgIpc) is 2.73. The van der Waals surface area contributed by atoms with E-state index in [9.17, 15) is 19.7 Å². The molecule has 0 bridgehead atoms. The van der Waals surface area contributed by atoms with Gasteiger partial charge in [-0.1, -0.05) is 45.0 Å². The minimum atomic E-state index is -0.518. The standard InChI is InChI=1S/C25H25N3O4/c1-16-21(9-6-10-22(16)28(31)32)24(30)27-20-8-5-7-19(15-20)26-23(29)17-11-13-18(14-12-17)25(2,3)4/h5-15H,1-4H3,(H,26,29)(H,27,30). The number of carbonyl (C=O) groups is 2. The lowest BCUT2D eigenvalue weighted by Crippen LogP contribution is -2.16. The summed E-state index contributed by atoms with van der Waals surface area (Å²) < 4.78 is 0. The first-order chi connectivity index (χ1) is 15.1. The van der Waals surface area contributed by atoms with E-state index in [0.717, 1.165) is 5.56 Å². The van der Waals surface area contributed by atoms with Gasteiger partial charge < -0.3 is 10.6 Å². The second-order valence-corrected chi connectivity index (χ2v) is 8.52. The molecule has 3 rings (SSSR count). The van der Waals surface area contributed by atoms with Crippen LogP contribution in [0.4, 0.5) is 17.1 Å². The van der Waals surface area contributed by atoms with E-state index in [-0.39, 0.29) is 28.1 Å². The predicted octanol–water partition coefficient (Wildman–Crippen LogP) is 5.71. The highest BCUT2D eigenvalue weighted by molar-refractivity contribution is 6.07. The quantitative estimate of drug-likeness (QED) is 0.399. The van der Waals surface area contributed by atoms with Crippen molar-refractivity contribution in [3.63, 3.8) is 0 Å². The maximum absolute atomic E-state index is 12.7. The molecule has 3 aromatic carbocycles. The van der Waals surface area contributed by atoms with E-state index < -0.39 is 10.8 Å². The number of hydrogen-bond acceptors (Lipinski definition) is 4. The number of rotatable bonds is 5. The van der Waals surface area contributed by atoms with Gasteiger partial charge in [-0.2, -0.15) is 0 Å². The Morgan fingerprint density at radius 2 is 1.41 bits per heavy atom. The second kappa shape index (κ2) is 9.01. The molecule has 0 atom stereocenters. The predicted molar refractivity (Wildman–Crippen MR) is 125 cm³/mol. The number of nitro benzene ring substituents is 1. The van der Waals surface area contributed by atoms with Crippen molar-refractivity contribution < 1.29 is 14.5 Å². The maximum atomic E-state index is 12.7. The highest BCUT2D eigenvalue weighted by atomic mass is 16.6. The largest absolute Gasteiger partial charge is 0.322 e. The number of nitro groups is 1. The molecule has 0 aliphatic rings. The minimum absolute atomic E-state index is 0.000911. The fourth-order valence-corrected chi connectivity index (χ4v) is 3.27. The zero-order chi connectivity index (χ0) is 23.5. The van der Waals surface area contributed by atoms with E-state index in [0.29, 0.717) is 16.9 Å². The van der Waals surface area contributed by atoms with Gasteiger partial charge in [0.1, 0.15) is 0 Å². The molecule has 0 heterocycles. The van der Waals surface area contributed by atoms with Gasteiger partial charge >= 0.3 is 0 Å². The molecule has 3 aromatic rings. The van der Waals surface area contributed by atoms with Crippen LogP contribution in [0.25, 0.3) is 0 Å². The monoisotopic (exact) mass is 431 g/mol. The number of amides is 2. The van der Waals surface area contributed by atoms with Crippen LogP contribution < -0.4 is 10.6 Å². The first-order valence-corrected chi connectivity index (χ1v) is 10.1.